The van der Waals surface area contributed by atoms with Crippen molar-refractivity contribution >= 4 is 0 Å². The van der Waals surface area contributed by atoms with Crippen molar-refractivity contribution in [2.75, 3.05) is 7.11 Å². The number of nitrogens with two attached hydrogens (primary N) is 1. The van der Waals surface area contributed by atoms with Crippen molar-refractivity contribution in [1.82, 2.24) is 0 Å². The van der Waals surface area contributed by atoms with Crippen LogP contribution in [-0.4, -0.2) is 12.2 Å². The van der Waals surface area contributed by atoms with Crippen LogP contribution in [0, 0.1) is 0 Å². The minimum Gasteiger partial charge on any atom is -0.508 e. The molecule has 0 aliphatic heterocycles. The smallest absolute Gasteiger partial charge is 0.119 e. The Morgan fingerprint density at radius 2 is 2.10 bits per heavy atom. The molecule has 2 aromatic carbocycles. The Bertz CT molecular complexity index is 639. The number of methoxy groups -OCH3 is 1. The van der Waals surface area contributed by atoms with Gasteiger partial charge in [0.2, 0.25) is 0 Å². The third-order valence-corrected chi connectivity index (χ3v) is 4.12. The normalized spacial score (nSPS) is 20.7. The van der Waals surface area contributed by atoms with Gasteiger partial charge in [0.25, 0.3) is 0 Å². The molecule has 0 bridgehead atoms. The fraction of sp³-hybridized carbons (Fsp3) is 0.294. The minimum atomic E-state index is -0.377. The number of fused-ring (bicyclic) bond motifs is 1. The molecule has 1 aliphatic rings. The third kappa shape index (κ3) is 2.25. The first kappa shape index (κ1) is 13.0. The summed E-state index contributed by atoms with van der Waals surface area (Å²) in [4.78, 5) is 0. The van der Waals surface area contributed by atoms with E-state index in [0.717, 1.165) is 30.6 Å². The summed E-state index contributed by atoms with van der Waals surface area (Å²) in [5.41, 5.74) is 9.79. The summed E-state index contributed by atoms with van der Waals surface area (Å²) in [6, 6.07) is 13.5. The Balaban J connectivity index is 1.95. The fourth-order valence-electron chi connectivity index (χ4n) is 3.07. The maximum Gasteiger partial charge on any atom is 0.119 e. The van der Waals surface area contributed by atoms with Crippen LogP contribution in [-0.2, 0) is 18.4 Å². The summed E-state index contributed by atoms with van der Waals surface area (Å²) in [5, 5.41) is 9.59. The summed E-state index contributed by atoms with van der Waals surface area (Å²) in [6.45, 7) is 0. The van der Waals surface area contributed by atoms with Gasteiger partial charge in [-0.1, -0.05) is 18.2 Å². The predicted octanol–water partition coefficient (Wildman–Crippen LogP) is 2.74. The van der Waals surface area contributed by atoms with Crippen LogP contribution in [0.4, 0.5) is 0 Å². The maximum atomic E-state index is 9.59. The SMILES string of the molecule is COc1ccc2c(c1)C(N)(Cc1cccc(O)c1)CC2. The summed E-state index contributed by atoms with van der Waals surface area (Å²) in [6.07, 6.45) is 2.64. The summed E-state index contributed by atoms with van der Waals surface area (Å²) >= 11 is 0. The summed E-state index contributed by atoms with van der Waals surface area (Å²) < 4.78 is 5.31. The lowest BCUT2D eigenvalue weighted by Gasteiger charge is -2.26. The average molecular weight is 269 g/mol. The van der Waals surface area contributed by atoms with Gasteiger partial charge in [-0.25, -0.2) is 0 Å². The predicted molar refractivity (Wildman–Crippen MR) is 79.0 cm³/mol. The van der Waals surface area contributed by atoms with Crippen LogP contribution in [0.25, 0.3) is 0 Å². The second-order valence-electron chi connectivity index (χ2n) is 5.53. The standard InChI is InChI=1S/C17H19NO2/c1-20-15-6-5-13-7-8-17(18,16(13)10-15)11-12-3-2-4-14(19)9-12/h2-6,9-10,19H,7-8,11,18H2,1H3. The lowest BCUT2D eigenvalue weighted by Crippen LogP contribution is -2.36. The van der Waals surface area contributed by atoms with E-state index in [0.29, 0.717) is 0 Å². The van der Waals surface area contributed by atoms with E-state index in [9.17, 15) is 5.11 Å². The minimum absolute atomic E-state index is 0.287. The molecule has 104 valence electrons. The molecule has 0 saturated heterocycles. The van der Waals surface area contributed by atoms with Crippen molar-refractivity contribution in [2.45, 2.75) is 24.8 Å². The van der Waals surface area contributed by atoms with Crippen molar-refractivity contribution < 1.29 is 9.84 Å². The van der Waals surface area contributed by atoms with E-state index in [1.165, 1.54) is 11.1 Å². The number of phenolic OH excluding ortho intramolecular Hbond substituents is 1. The zero-order valence-electron chi connectivity index (χ0n) is 11.6. The van der Waals surface area contributed by atoms with Crippen LogP contribution in [0.2, 0.25) is 0 Å². The highest BCUT2D eigenvalue weighted by Gasteiger charge is 2.35. The van der Waals surface area contributed by atoms with E-state index in [-0.39, 0.29) is 11.3 Å². The van der Waals surface area contributed by atoms with Gasteiger partial charge in [-0.15, -0.1) is 0 Å². The molecule has 20 heavy (non-hydrogen) atoms. The van der Waals surface area contributed by atoms with Gasteiger partial charge in [0.05, 0.1) is 7.11 Å². The highest BCUT2D eigenvalue weighted by molar-refractivity contribution is 5.45. The number of hydrogen-bond acceptors (Lipinski definition) is 3. The topological polar surface area (TPSA) is 55.5 Å². The Morgan fingerprint density at radius 3 is 2.85 bits per heavy atom. The summed E-state index contributed by atoms with van der Waals surface area (Å²) in [7, 11) is 1.67. The monoisotopic (exact) mass is 269 g/mol. The quantitative estimate of drug-likeness (QED) is 0.900. The molecule has 3 N–H and O–H groups in total. The van der Waals surface area contributed by atoms with Crippen LogP contribution < -0.4 is 10.5 Å². The summed E-state index contributed by atoms with van der Waals surface area (Å²) in [5.74, 6) is 1.13. The highest BCUT2D eigenvalue weighted by atomic mass is 16.5. The number of rotatable bonds is 3. The molecule has 2 aromatic rings. The van der Waals surface area contributed by atoms with Crippen LogP contribution in [0.3, 0.4) is 0 Å². The van der Waals surface area contributed by atoms with Gasteiger partial charge in [-0.05, 0) is 60.2 Å². The van der Waals surface area contributed by atoms with Crippen LogP contribution >= 0.6 is 0 Å². The van der Waals surface area contributed by atoms with Gasteiger partial charge in [-0.3, -0.25) is 0 Å². The molecule has 3 heteroatoms. The second-order valence-corrected chi connectivity index (χ2v) is 5.53. The molecule has 0 amide bonds. The van der Waals surface area contributed by atoms with E-state index in [2.05, 4.69) is 6.07 Å². The zero-order chi connectivity index (χ0) is 14.2. The molecule has 0 aromatic heterocycles. The van der Waals surface area contributed by atoms with Gasteiger partial charge in [0.1, 0.15) is 11.5 Å². The molecule has 3 nitrogen and oxygen atoms in total. The molecule has 0 radical (unpaired) electrons. The molecule has 1 aliphatic carbocycles. The molecule has 1 unspecified atom stereocenters. The van der Waals surface area contributed by atoms with Crippen LogP contribution in [0.5, 0.6) is 11.5 Å². The molecular formula is C17H19NO2. The lowest BCUT2D eigenvalue weighted by atomic mass is 9.86. The highest BCUT2D eigenvalue weighted by Crippen LogP contribution is 2.39. The fourth-order valence-corrected chi connectivity index (χ4v) is 3.07. The van der Waals surface area contributed by atoms with Crippen LogP contribution in [0.1, 0.15) is 23.1 Å². The van der Waals surface area contributed by atoms with Gasteiger partial charge >= 0.3 is 0 Å². The Hall–Kier alpha value is -2.00. The van der Waals surface area contributed by atoms with E-state index in [1.54, 1.807) is 19.2 Å². The Labute approximate surface area is 119 Å². The molecule has 1 atom stereocenters. The van der Waals surface area contributed by atoms with Crippen molar-refractivity contribution in [3.05, 3.63) is 59.2 Å². The second kappa shape index (κ2) is 4.84. The molecular weight excluding hydrogens is 250 g/mol. The largest absolute Gasteiger partial charge is 0.508 e. The van der Waals surface area contributed by atoms with Gasteiger partial charge in [-0.2, -0.15) is 0 Å². The Morgan fingerprint density at radius 1 is 1.25 bits per heavy atom. The number of phenols is 1. The van der Waals surface area contributed by atoms with Crippen LogP contribution in [0.15, 0.2) is 42.5 Å². The number of aryl methyl sites for hydroxylation is 1. The van der Waals surface area contributed by atoms with Crippen molar-refractivity contribution in [2.24, 2.45) is 5.73 Å². The molecule has 0 saturated carbocycles. The van der Waals surface area contributed by atoms with Crippen molar-refractivity contribution in [1.29, 1.82) is 0 Å². The van der Waals surface area contributed by atoms with Crippen molar-refractivity contribution in [3.63, 3.8) is 0 Å². The molecule has 3 rings (SSSR count). The maximum absolute atomic E-state index is 9.59. The average Bonchev–Trinajstić information content (AvgIpc) is 2.76. The first-order valence-corrected chi connectivity index (χ1v) is 6.85. The van der Waals surface area contributed by atoms with Gasteiger partial charge in [0.15, 0.2) is 0 Å². The number of hydrogen-bond donors (Lipinski definition) is 2. The third-order valence-electron chi connectivity index (χ3n) is 4.12. The van der Waals surface area contributed by atoms with E-state index >= 15 is 0 Å². The Kier molecular flexibility index (Phi) is 3.14. The van der Waals surface area contributed by atoms with Gasteiger partial charge in [0, 0.05) is 5.54 Å². The first-order valence-electron chi connectivity index (χ1n) is 6.85. The van der Waals surface area contributed by atoms with Crippen molar-refractivity contribution in [3.8, 4) is 11.5 Å². The molecule has 0 spiro atoms. The number of aromatic hydroxyl groups is 1. The van der Waals surface area contributed by atoms with E-state index in [1.807, 2.05) is 24.3 Å². The zero-order valence-corrected chi connectivity index (χ0v) is 11.6. The number of ether oxygens (including phenoxy) is 1. The first-order chi connectivity index (χ1) is 9.60. The molecule has 0 heterocycles. The van der Waals surface area contributed by atoms with Gasteiger partial charge < -0.3 is 15.6 Å². The lowest BCUT2D eigenvalue weighted by molar-refractivity contribution is 0.407. The van der Waals surface area contributed by atoms with E-state index in [4.69, 9.17) is 10.5 Å². The van der Waals surface area contributed by atoms with E-state index < -0.39 is 0 Å². The molecule has 0 fully saturated rings. The number of benzene rings is 2.